The Labute approximate surface area is 143 Å². The van der Waals surface area contributed by atoms with E-state index in [0.29, 0.717) is 19.4 Å². The summed E-state index contributed by atoms with van der Waals surface area (Å²) in [5, 5.41) is 2.62. The fraction of sp³-hybridized carbons (Fsp3) is 0.438. The molecular formula is C16H20N2O3S2. The molecule has 124 valence electrons. The Hall–Kier alpha value is -1.60. The number of ether oxygens (including phenoxy) is 1. The van der Waals surface area contributed by atoms with Crippen LogP contribution in [-0.2, 0) is 14.3 Å². The monoisotopic (exact) mass is 352 g/mol. The second kappa shape index (κ2) is 8.88. The number of hydrogen-bond acceptors (Lipinski definition) is 6. The lowest BCUT2D eigenvalue weighted by Gasteiger charge is -2.12. The number of carbonyl (C=O) groups is 2. The van der Waals surface area contributed by atoms with Gasteiger partial charge >= 0.3 is 5.97 Å². The normalized spacial score (nSPS) is 12.1. The first-order valence-electron chi connectivity index (χ1n) is 7.55. The van der Waals surface area contributed by atoms with Crippen LogP contribution < -0.4 is 5.32 Å². The molecule has 1 atom stereocenters. The molecule has 5 nitrogen and oxygen atoms in total. The SMILES string of the molecule is CCNC(=O)[C@@H](C)OC(=O)CCCSc1nc2ccccc2s1. The molecule has 0 spiro atoms. The first kappa shape index (κ1) is 17.7. The van der Waals surface area contributed by atoms with Crippen LogP contribution >= 0.6 is 23.1 Å². The Balaban J connectivity index is 1.68. The van der Waals surface area contributed by atoms with E-state index in [9.17, 15) is 9.59 Å². The van der Waals surface area contributed by atoms with Crippen LogP contribution in [0.1, 0.15) is 26.7 Å². The van der Waals surface area contributed by atoms with E-state index in [1.807, 2.05) is 25.1 Å². The van der Waals surface area contributed by atoms with Crippen molar-refractivity contribution in [3.8, 4) is 0 Å². The van der Waals surface area contributed by atoms with Gasteiger partial charge in [-0.15, -0.1) is 11.3 Å². The Morgan fingerprint density at radius 2 is 2.17 bits per heavy atom. The highest BCUT2D eigenvalue weighted by molar-refractivity contribution is 8.01. The van der Waals surface area contributed by atoms with Crippen LogP contribution in [0.3, 0.4) is 0 Å². The van der Waals surface area contributed by atoms with E-state index < -0.39 is 6.10 Å². The number of thiazole rings is 1. The van der Waals surface area contributed by atoms with Crippen LogP contribution in [0.5, 0.6) is 0 Å². The minimum atomic E-state index is -0.737. The minimum Gasteiger partial charge on any atom is -0.453 e. The molecule has 0 bridgehead atoms. The third kappa shape index (κ3) is 5.51. The number of benzene rings is 1. The highest BCUT2D eigenvalue weighted by Gasteiger charge is 2.16. The molecule has 1 aromatic heterocycles. The predicted octanol–water partition coefficient (Wildman–Crippen LogP) is 3.24. The molecule has 0 saturated carbocycles. The van der Waals surface area contributed by atoms with Crippen LogP contribution in [0.2, 0.25) is 0 Å². The van der Waals surface area contributed by atoms with Crippen molar-refractivity contribution >= 4 is 45.2 Å². The molecule has 0 aliphatic rings. The maximum Gasteiger partial charge on any atom is 0.306 e. The van der Waals surface area contributed by atoms with E-state index in [0.717, 1.165) is 15.6 Å². The van der Waals surface area contributed by atoms with Crippen molar-refractivity contribution < 1.29 is 14.3 Å². The van der Waals surface area contributed by atoms with Crippen molar-refractivity contribution in [1.82, 2.24) is 10.3 Å². The second-order valence-electron chi connectivity index (χ2n) is 4.93. The highest BCUT2D eigenvalue weighted by Crippen LogP contribution is 2.29. The molecular weight excluding hydrogens is 332 g/mol. The van der Waals surface area contributed by atoms with Crippen LogP contribution in [0.4, 0.5) is 0 Å². The van der Waals surface area contributed by atoms with Crippen molar-refractivity contribution in [3.63, 3.8) is 0 Å². The van der Waals surface area contributed by atoms with Gasteiger partial charge in [0.05, 0.1) is 10.2 Å². The number of hydrogen-bond donors (Lipinski definition) is 1. The van der Waals surface area contributed by atoms with E-state index >= 15 is 0 Å². The number of rotatable bonds is 8. The van der Waals surface area contributed by atoms with Gasteiger partial charge in [0.1, 0.15) is 0 Å². The van der Waals surface area contributed by atoms with E-state index in [-0.39, 0.29) is 11.9 Å². The smallest absolute Gasteiger partial charge is 0.306 e. The summed E-state index contributed by atoms with van der Waals surface area (Å²) >= 11 is 3.30. The zero-order chi connectivity index (χ0) is 16.7. The molecule has 1 aromatic carbocycles. The van der Waals surface area contributed by atoms with Crippen LogP contribution in [0.25, 0.3) is 10.2 Å². The summed E-state index contributed by atoms with van der Waals surface area (Å²) in [4.78, 5) is 27.7. The van der Waals surface area contributed by atoms with E-state index in [1.165, 1.54) is 4.70 Å². The van der Waals surface area contributed by atoms with Gasteiger partial charge in [-0.05, 0) is 32.4 Å². The summed E-state index contributed by atoms with van der Waals surface area (Å²) in [7, 11) is 0. The lowest BCUT2D eigenvalue weighted by atomic mass is 10.3. The number of aromatic nitrogens is 1. The molecule has 0 unspecified atom stereocenters. The molecule has 7 heteroatoms. The highest BCUT2D eigenvalue weighted by atomic mass is 32.2. The molecule has 0 radical (unpaired) electrons. The topological polar surface area (TPSA) is 68.3 Å². The van der Waals surface area contributed by atoms with E-state index in [1.54, 1.807) is 30.0 Å². The Kier molecular flexibility index (Phi) is 6.85. The maximum absolute atomic E-state index is 11.7. The number of fused-ring (bicyclic) bond motifs is 1. The summed E-state index contributed by atoms with van der Waals surface area (Å²) in [5.41, 5.74) is 1.01. The van der Waals surface area contributed by atoms with Gasteiger partial charge in [0.25, 0.3) is 5.91 Å². The second-order valence-corrected chi connectivity index (χ2v) is 7.30. The van der Waals surface area contributed by atoms with Gasteiger partial charge in [-0.3, -0.25) is 9.59 Å². The third-order valence-electron chi connectivity index (χ3n) is 3.05. The van der Waals surface area contributed by atoms with Gasteiger partial charge in [0.15, 0.2) is 10.4 Å². The average molecular weight is 352 g/mol. The fourth-order valence-corrected chi connectivity index (χ4v) is 3.99. The van der Waals surface area contributed by atoms with Gasteiger partial charge in [0.2, 0.25) is 0 Å². The fourth-order valence-electron chi connectivity index (χ4n) is 1.92. The van der Waals surface area contributed by atoms with Crippen LogP contribution in [0.15, 0.2) is 28.6 Å². The van der Waals surface area contributed by atoms with Gasteiger partial charge < -0.3 is 10.1 Å². The van der Waals surface area contributed by atoms with Crippen molar-refractivity contribution in [2.45, 2.75) is 37.1 Å². The quantitative estimate of drug-likeness (QED) is 0.449. The molecule has 1 N–H and O–H groups in total. The number of thioether (sulfide) groups is 1. The summed E-state index contributed by atoms with van der Waals surface area (Å²) in [5.74, 6) is 0.197. The number of nitrogens with zero attached hydrogens (tertiary/aromatic N) is 1. The summed E-state index contributed by atoms with van der Waals surface area (Å²) in [6, 6.07) is 8.02. The zero-order valence-corrected chi connectivity index (χ0v) is 14.8. The minimum absolute atomic E-state index is 0.260. The third-order valence-corrected chi connectivity index (χ3v) is 5.32. The number of esters is 1. The Morgan fingerprint density at radius 1 is 1.39 bits per heavy atom. The Morgan fingerprint density at radius 3 is 2.91 bits per heavy atom. The first-order valence-corrected chi connectivity index (χ1v) is 9.36. The van der Waals surface area contributed by atoms with Crippen LogP contribution in [0, 0.1) is 0 Å². The molecule has 0 saturated heterocycles. The molecule has 23 heavy (non-hydrogen) atoms. The molecule has 0 aliphatic heterocycles. The maximum atomic E-state index is 11.7. The molecule has 2 aromatic rings. The molecule has 2 rings (SSSR count). The number of amides is 1. The van der Waals surface area contributed by atoms with Crippen molar-refractivity contribution in [2.24, 2.45) is 0 Å². The van der Waals surface area contributed by atoms with Crippen LogP contribution in [-0.4, -0.2) is 35.3 Å². The van der Waals surface area contributed by atoms with E-state index in [2.05, 4.69) is 16.4 Å². The molecule has 0 aliphatic carbocycles. The Bertz CT molecular complexity index is 639. The van der Waals surface area contributed by atoms with Gasteiger partial charge in [-0.2, -0.15) is 0 Å². The van der Waals surface area contributed by atoms with Gasteiger partial charge in [-0.25, -0.2) is 4.98 Å². The first-order chi connectivity index (χ1) is 11.1. The standard InChI is InChI=1S/C16H20N2O3S2/c1-3-17-15(20)11(2)21-14(19)9-6-10-22-16-18-12-7-4-5-8-13(12)23-16/h4-5,7-8,11H,3,6,9-10H2,1-2H3,(H,17,20)/t11-/m1/s1. The van der Waals surface area contributed by atoms with Gasteiger partial charge in [-0.1, -0.05) is 23.9 Å². The zero-order valence-electron chi connectivity index (χ0n) is 13.2. The van der Waals surface area contributed by atoms with Crippen molar-refractivity contribution in [2.75, 3.05) is 12.3 Å². The molecule has 1 heterocycles. The van der Waals surface area contributed by atoms with E-state index in [4.69, 9.17) is 4.74 Å². The largest absolute Gasteiger partial charge is 0.453 e. The summed E-state index contributed by atoms with van der Waals surface area (Å²) in [6.45, 7) is 3.93. The lowest BCUT2D eigenvalue weighted by Crippen LogP contribution is -2.35. The molecule has 1 amide bonds. The lowest BCUT2D eigenvalue weighted by molar-refractivity contribution is -0.154. The number of likely N-dealkylation sites (N-methyl/N-ethyl adjacent to an activating group) is 1. The van der Waals surface area contributed by atoms with Gasteiger partial charge in [0, 0.05) is 18.7 Å². The van der Waals surface area contributed by atoms with Crippen molar-refractivity contribution in [1.29, 1.82) is 0 Å². The summed E-state index contributed by atoms with van der Waals surface area (Å²) < 4.78 is 7.27. The predicted molar refractivity (Wildman–Crippen MR) is 93.8 cm³/mol. The molecule has 0 fully saturated rings. The average Bonchev–Trinajstić information content (AvgIpc) is 2.94. The number of nitrogens with one attached hydrogen (secondary N) is 1. The summed E-state index contributed by atoms with van der Waals surface area (Å²) in [6.07, 6.45) is 0.266. The number of carbonyl (C=O) groups excluding carboxylic acids is 2. The number of para-hydroxylation sites is 1. The van der Waals surface area contributed by atoms with Crippen molar-refractivity contribution in [3.05, 3.63) is 24.3 Å².